The minimum absolute atomic E-state index is 0.00629. The largest absolute Gasteiger partial charge is 0.398 e. The first-order valence-corrected chi connectivity index (χ1v) is 9.21. The van der Waals surface area contributed by atoms with Crippen molar-refractivity contribution in [2.75, 3.05) is 12.0 Å². The summed E-state index contributed by atoms with van der Waals surface area (Å²) in [5, 5.41) is 11.0. The Morgan fingerprint density at radius 2 is 2.14 bits per heavy atom. The summed E-state index contributed by atoms with van der Waals surface area (Å²) >= 11 is 1.62. The third-order valence-electron chi connectivity index (χ3n) is 3.56. The Bertz CT molecular complexity index is 648. The van der Waals surface area contributed by atoms with Crippen LogP contribution in [0.4, 0.5) is 11.4 Å². The summed E-state index contributed by atoms with van der Waals surface area (Å²) in [5.74, 6) is 0. The minimum atomic E-state index is -3.87. The van der Waals surface area contributed by atoms with E-state index >= 15 is 0 Å². The lowest BCUT2D eigenvalue weighted by molar-refractivity contribution is -0.385. The maximum atomic E-state index is 12.4. The lowest BCUT2D eigenvalue weighted by Gasteiger charge is -2.19. The molecule has 1 aliphatic carbocycles. The van der Waals surface area contributed by atoms with Crippen molar-refractivity contribution in [2.24, 2.45) is 0 Å². The molecule has 9 heteroatoms. The van der Waals surface area contributed by atoms with E-state index in [1.54, 1.807) is 11.8 Å². The standard InChI is InChI=1S/C12H17N3O4S2/c1-20-11-4-2-3-10(11)14-21(18,19)12-7-8(15(16)17)5-6-9(12)13/h5-7,10-11,14H,2-4,13H2,1H3. The number of nitro groups is 1. The Labute approximate surface area is 127 Å². The molecule has 1 aromatic carbocycles. The van der Waals surface area contributed by atoms with Gasteiger partial charge in [0.05, 0.1) is 10.6 Å². The number of anilines is 1. The summed E-state index contributed by atoms with van der Waals surface area (Å²) < 4.78 is 27.5. The van der Waals surface area contributed by atoms with Crippen LogP contribution in [-0.4, -0.2) is 30.9 Å². The number of nitrogens with two attached hydrogens (primary N) is 1. The molecule has 3 N–H and O–H groups in total. The molecule has 0 aromatic heterocycles. The summed E-state index contributed by atoms with van der Waals surface area (Å²) in [6.45, 7) is 0. The number of rotatable bonds is 5. The monoisotopic (exact) mass is 331 g/mol. The Kier molecular flexibility index (Phi) is 4.74. The summed E-state index contributed by atoms with van der Waals surface area (Å²) in [6, 6.07) is 3.27. The molecule has 0 radical (unpaired) electrons. The van der Waals surface area contributed by atoms with Gasteiger partial charge in [0.1, 0.15) is 4.90 Å². The maximum absolute atomic E-state index is 12.4. The fourth-order valence-electron chi connectivity index (χ4n) is 2.48. The zero-order valence-electron chi connectivity index (χ0n) is 11.5. The lowest BCUT2D eigenvalue weighted by atomic mass is 10.3. The van der Waals surface area contributed by atoms with Crippen molar-refractivity contribution in [3.05, 3.63) is 28.3 Å². The topological polar surface area (TPSA) is 115 Å². The van der Waals surface area contributed by atoms with Crippen LogP contribution in [0, 0.1) is 10.1 Å². The second kappa shape index (κ2) is 6.20. The van der Waals surface area contributed by atoms with Crippen LogP contribution in [0.5, 0.6) is 0 Å². The highest BCUT2D eigenvalue weighted by Crippen LogP contribution is 2.31. The van der Waals surface area contributed by atoms with Crippen LogP contribution in [0.3, 0.4) is 0 Å². The predicted octanol–water partition coefficient (Wildman–Crippen LogP) is 1.74. The lowest BCUT2D eigenvalue weighted by Crippen LogP contribution is -2.38. The van der Waals surface area contributed by atoms with Gasteiger partial charge in [0, 0.05) is 23.4 Å². The molecule has 1 aromatic rings. The highest BCUT2D eigenvalue weighted by molar-refractivity contribution is 7.99. The number of sulfonamides is 1. The normalized spacial score (nSPS) is 22.3. The number of nitrogen functional groups attached to an aromatic ring is 1. The predicted molar refractivity (Wildman–Crippen MR) is 82.8 cm³/mol. The van der Waals surface area contributed by atoms with Crippen LogP contribution in [0.15, 0.2) is 23.1 Å². The van der Waals surface area contributed by atoms with Crippen molar-refractivity contribution in [1.82, 2.24) is 4.72 Å². The van der Waals surface area contributed by atoms with E-state index < -0.39 is 14.9 Å². The van der Waals surface area contributed by atoms with Crippen LogP contribution in [0.2, 0.25) is 0 Å². The Morgan fingerprint density at radius 3 is 2.76 bits per heavy atom. The molecule has 116 valence electrons. The highest BCUT2D eigenvalue weighted by Gasteiger charge is 2.32. The molecule has 0 spiro atoms. The van der Waals surface area contributed by atoms with E-state index in [-0.39, 0.29) is 27.6 Å². The molecule has 0 heterocycles. The SMILES string of the molecule is CSC1CCCC1NS(=O)(=O)c1cc([N+](=O)[O-])ccc1N. The number of thioether (sulfide) groups is 1. The molecule has 1 fully saturated rings. The first-order chi connectivity index (χ1) is 9.85. The van der Waals surface area contributed by atoms with E-state index in [1.165, 1.54) is 12.1 Å². The van der Waals surface area contributed by atoms with Gasteiger partial charge in [0.25, 0.3) is 5.69 Å². The number of nitrogens with one attached hydrogen (secondary N) is 1. The van der Waals surface area contributed by atoms with Gasteiger partial charge in [-0.3, -0.25) is 10.1 Å². The number of nitro benzene ring substituents is 1. The molecular formula is C12H17N3O4S2. The van der Waals surface area contributed by atoms with Crippen LogP contribution >= 0.6 is 11.8 Å². The van der Waals surface area contributed by atoms with Crippen molar-refractivity contribution in [2.45, 2.75) is 35.4 Å². The van der Waals surface area contributed by atoms with Gasteiger partial charge in [-0.1, -0.05) is 6.42 Å². The molecule has 7 nitrogen and oxygen atoms in total. The molecule has 0 amide bonds. The third kappa shape index (κ3) is 3.47. The van der Waals surface area contributed by atoms with Crippen molar-refractivity contribution in [1.29, 1.82) is 0 Å². The van der Waals surface area contributed by atoms with E-state index in [4.69, 9.17) is 5.73 Å². The van der Waals surface area contributed by atoms with Crippen LogP contribution in [-0.2, 0) is 10.0 Å². The molecule has 21 heavy (non-hydrogen) atoms. The van der Waals surface area contributed by atoms with E-state index in [9.17, 15) is 18.5 Å². The molecule has 1 saturated carbocycles. The van der Waals surface area contributed by atoms with Gasteiger partial charge in [-0.25, -0.2) is 13.1 Å². The molecule has 0 saturated heterocycles. The smallest absolute Gasteiger partial charge is 0.270 e. The summed E-state index contributed by atoms with van der Waals surface area (Å²) in [6.07, 6.45) is 4.63. The van der Waals surface area contributed by atoms with Gasteiger partial charge in [0.2, 0.25) is 10.0 Å². The summed E-state index contributed by atoms with van der Waals surface area (Å²) in [4.78, 5) is 9.91. The van der Waals surface area contributed by atoms with Crippen molar-refractivity contribution in [3.63, 3.8) is 0 Å². The van der Waals surface area contributed by atoms with Crippen LogP contribution in [0.25, 0.3) is 0 Å². The first-order valence-electron chi connectivity index (χ1n) is 6.44. The van der Waals surface area contributed by atoms with Crippen LogP contribution < -0.4 is 10.5 Å². The molecule has 0 aliphatic heterocycles. The molecule has 1 aliphatic rings. The van der Waals surface area contributed by atoms with Gasteiger partial charge < -0.3 is 5.73 Å². The zero-order valence-corrected chi connectivity index (χ0v) is 13.1. The van der Waals surface area contributed by atoms with Crippen LogP contribution in [0.1, 0.15) is 19.3 Å². The van der Waals surface area contributed by atoms with Gasteiger partial charge in [-0.2, -0.15) is 11.8 Å². The average Bonchev–Trinajstić information content (AvgIpc) is 2.85. The van der Waals surface area contributed by atoms with Gasteiger partial charge in [-0.15, -0.1) is 0 Å². The van der Waals surface area contributed by atoms with Crippen molar-refractivity contribution in [3.8, 4) is 0 Å². The third-order valence-corrected chi connectivity index (χ3v) is 6.27. The maximum Gasteiger partial charge on any atom is 0.270 e. The number of nitrogens with zero attached hydrogens (tertiary/aromatic N) is 1. The highest BCUT2D eigenvalue weighted by atomic mass is 32.2. The fourth-order valence-corrected chi connectivity index (χ4v) is 4.96. The van der Waals surface area contributed by atoms with E-state index in [1.807, 2.05) is 6.26 Å². The van der Waals surface area contributed by atoms with E-state index in [2.05, 4.69) is 4.72 Å². The Balaban J connectivity index is 2.31. The molecule has 0 bridgehead atoms. The Morgan fingerprint density at radius 1 is 1.43 bits per heavy atom. The molecule has 2 atom stereocenters. The van der Waals surface area contributed by atoms with E-state index in [0.717, 1.165) is 25.3 Å². The van der Waals surface area contributed by atoms with Crippen molar-refractivity contribution >= 4 is 33.2 Å². The minimum Gasteiger partial charge on any atom is -0.398 e. The van der Waals surface area contributed by atoms with Gasteiger partial charge >= 0.3 is 0 Å². The van der Waals surface area contributed by atoms with E-state index in [0.29, 0.717) is 0 Å². The molecular weight excluding hydrogens is 314 g/mol. The second-order valence-electron chi connectivity index (χ2n) is 4.91. The number of non-ortho nitro benzene ring substituents is 1. The molecule has 2 rings (SSSR count). The summed E-state index contributed by atoms with van der Waals surface area (Å²) in [5.41, 5.74) is 5.38. The first kappa shape index (κ1) is 16.1. The van der Waals surface area contributed by atoms with Gasteiger partial charge in [0.15, 0.2) is 0 Å². The van der Waals surface area contributed by atoms with Crippen molar-refractivity contribution < 1.29 is 13.3 Å². The Hall–Kier alpha value is -1.32. The number of hydrogen-bond donors (Lipinski definition) is 2. The number of benzene rings is 1. The van der Waals surface area contributed by atoms with Gasteiger partial charge in [-0.05, 0) is 25.2 Å². The zero-order chi connectivity index (χ0) is 15.6. The molecule has 2 unspecified atom stereocenters. The summed E-state index contributed by atoms with van der Waals surface area (Å²) in [7, 11) is -3.87. The average molecular weight is 331 g/mol. The number of hydrogen-bond acceptors (Lipinski definition) is 6. The second-order valence-corrected chi connectivity index (χ2v) is 7.67. The fraction of sp³-hybridized carbons (Fsp3) is 0.500. The quantitative estimate of drug-likeness (QED) is 0.482.